The van der Waals surface area contributed by atoms with Crippen LogP contribution in [0, 0.1) is 12.8 Å². The SMILES string of the molecule is Cc1ocnc1-c1nc(CC(C)C)nn1CC(C)(C)O. The Hall–Kier alpha value is -1.69. The van der Waals surface area contributed by atoms with Crippen LogP contribution in [-0.2, 0) is 13.0 Å². The number of aromatic nitrogens is 4. The third-order valence-electron chi connectivity index (χ3n) is 2.80. The lowest BCUT2D eigenvalue weighted by Crippen LogP contribution is -2.27. The molecule has 1 N–H and O–H groups in total. The van der Waals surface area contributed by atoms with Gasteiger partial charge in [-0.25, -0.2) is 14.6 Å². The van der Waals surface area contributed by atoms with Gasteiger partial charge < -0.3 is 9.52 Å². The van der Waals surface area contributed by atoms with Crippen molar-refractivity contribution in [2.75, 3.05) is 0 Å². The zero-order valence-electron chi connectivity index (χ0n) is 12.7. The molecule has 0 fully saturated rings. The summed E-state index contributed by atoms with van der Waals surface area (Å²) in [7, 11) is 0. The Kier molecular flexibility index (Phi) is 3.94. The van der Waals surface area contributed by atoms with Crippen LogP contribution >= 0.6 is 0 Å². The van der Waals surface area contributed by atoms with Crippen LogP contribution in [0.2, 0.25) is 0 Å². The molecular weight excluding hydrogens is 256 g/mol. The van der Waals surface area contributed by atoms with E-state index < -0.39 is 5.60 Å². The molecular formula is C14H22N4O2. The molecule has 2 heterocycles. The highest BCUT2D eigenvalue weighted by Gasteiger charge is 2.22. The highest BCUT2D eigenvalue weighted by atomic mass is 16.3. The normalized spacial score (nSPS) is 12.3. The zero-order valence-corrected chi connectivity index (χ0v) is 12.7. The second-order valence-electron chi connectivity index (χ2n) is 6.18. The number of rotatable bonds is 5. The largest absolute Gasteiger partial charge is 0.448 e. The second-order valence-corrected chi connectivity index (χ2v) is 6.18. The van der Waals surface area contributed by atoms with Gasteiger partial charge in [-0.15, -0.1) is 0 Å². The molecule has 0 unspecified atom stereocenters. The van der Waals surface area contributed by atoms with Crippen LogP contribution in [-0.4, -0.2) is 30.5 Å². The van der Waals surface area contributed by atoms with Gasteiger partial charge in [-0.05, 0) is 26.7 Å². The average molecular weight is 278 g/mol. The molecule has 6 heteroatoms. The van der Waals surface area contributed by atoms with E-state index in [2.05, 4.69) is 28.9 Å². The van der Waals surface area contributed by atoms with Gasteiger partial charge in [0.1, 0.15) is 11.5 Å². The van der Waals surface area contributed by atoms with Crippen LogP contribution in [0.1, 0.15) is 39.3 Å². The van der Waals surface area contributed by atoms with Gasteiger partial charge in [-0.1, -0.05) is 13.8 Å². The van der Waals surface area contributed by atoms with Gasteiger partial charge in [0.15, 0.2) is 18.0 Å². The lowest BCUT2D eigenvalue weighted by Gasteiger charge is -2.17. The molecule has 0 amide bonds. The van der Waals surface area contributed by atoms with Crippen molar-refractivity contribution in [2.45, 2.75) is 53.2 Å². The van der Waals surface area contributed by atoms with E-state index in [-0.39, 0.29) is 0 Å². The molecule has 0 saturated heterocycles. The van der Waals surface area contributed by atoms with E-state index in [0.29, 0.717) is 29.7 Å². The van der Waals surface area contributed by atoms with Crippen molar-refractivity contribution in [3.05, 3.63) is 18.0 Å². The first kappa shape index (κ1) is 14.7. The molecule has 2 aromatic rings. The summed E-state index contributed by atoms with van der Waals surface area (Å²) in [5.41, 5.74) is -0.188. The molecule has 0 radical (unpaired) electrons. The number of hydrogen-bond acceptors (Lipinski definition) is 5. The first-order valence-corrected chi connectivity index (χ1v) is 6.83. The Balaban J connectivity index is 2.42. The zero-order chi connectivity index (χ0) is 14.9. The third kappa shape index (κ3) is 3.45. The van der Waals surface area contributed by atoms with Gasteiger partial charge >= 0.3 is 0 Å². The van der Waals surface area contributed by atoms with Crippen LogP contribution in [0.4, 0.5) is 0 Å². The van der Waals surface area contributed by atoms with Crippen LogP contribution in [0.5, 0.6) is 0 Å². The summed E-state index contributed by atoms with van der Waals surface area (Å²) in [6, 6.07) is 0. The Bertz CT molecular complexity index is 578. The van der Waals surface area contributed by atoms with Crippen molar-refractivity contribution >= 4 is 0 Å². The Labute approximate surface area is 118 Å². The summed E-state index contributed by atoms with van der Waals surface area (Å²) in [6.07, 6.45) is 2.19. The highest BCUT2D eigenvalue weighted by molar-refractivity contribution is 5.51. The van der Waals surface area contributed by atoms with Crippen molar-refractivity contribution in [2.24, 2.45) is 5.92 Å². The predicted octanol–water partition coefficient (Wildman–Crippen LogP) is 2.21. The number of aryl methyl sites for hydroxylation is 1. The molecule has 110 valence electrons. The number of oxazole rings is 1. The molecule has 20 heavy (non-hydrogen) atoms. The van der Waals surface area contributed by atoms with E-state index in [1.165, 1.54) is 6.39 Å². The fourth-order valence-corrected chi connectivity index (χ4v) is 2.01. The molecule has 0 atom stereocenters. The number of hydrogen-bond donors (Lipinski definition) is 1. The van der Waals surface area contributed by atoms with Gasteiger partial charge in [0.2, 0.25) is 0 Å². The minimum Gasteiger partial charge on any atom is -0.448 e. The van der Waals surface area contributed by atoms with Crippen LogP contribution < -0.4 is 0 Å². The van der Waals surface area contributed by atoms with Gasteiger partial charge in [0.05, 0.1) is 12.1 Å². The smallest absolute Gasteiger partial charge is 0.181 e. The molecule has 2 rings (SSSR count). The lowest BCUT2D eigenvalue weighted by molar-refractivity contribution is 0.0580. The maximum Gasteiger partial charge on any atom is 0.181 e. The quantitative estimate of drug-likeness (QED) is 0.907. The van der Waals surface area contributed by atoms with E-state index in [4.69, 9.17) is 4.42 Å². The summed E-state index contributed by atoms with van der Waals surface area (Å²) in [5.74, 6) is 2.58. The minimum absolute atomic E-state index is 0.361. The predicted molar refractivity (Wildman–Crippen MR) is 75.1 cm³/mol. The van der Waals surface area contributed by atoms with Crippen molar-refractivity contribution in [1.82, 2.24) is 19.7 Å². The van der Waals surface area contributed by atoms with Crippen LogP contribution in [0.15, 0.2) is 10.8 Å². The molecule has 0 saturated carbocycles. The first-order chi connectivity index (χ1) is 9.26. The Morgan fingerprint density at radius 2 is 2.10 bits per heavy atom. The number of nitrogens with zero attached hydrogens (tertiary/aromatic N) is 4. The molecule has 0 aromatic carbocycles. The fraction of sp³-hybridized carbons (Fsp3) is 0.643. The topological polar surface area (TPSA) is 77.0 Å². The van der Waals surface area contributed by atoms with E-state index >= 15 is 0 Å². The standard InChI is InChI=1S/C14H22N4O2/c1-9(2)6-11-16-13(12-10(3)20-8-15-12)18(17-11)7-14(4,5)19/h8-9,19H,6-7H2,1-5H3. The lowest BCUT2D eigenvalue weighted by atomic mass is 10.1. The molecule has 0 aliphatic rings. The monoisotopic (exact) mass is 278 g/mol. The Morgan fingerprint density at radius 1 is 1.40 bits per heavy atom. The first-order valence-electron chi connectivity index (χ1n) is 6.83. The van der Waals surface area contributed by atoms with Crippen molar-refractivity contribution in [3.63, 3.8) is 0 Å². The second kappa shape index (κ2) is 5.36. The molecule has 0 aliphatic heterocycles. The summed E-state index contributed by atoms with van der Waals surface area (Å²) in [6.45, 7) is 9.94. The molecule has 0 aliphatic carbocycles. The summed E-state index contributed by atoms with van der Waals surface area (Å²) in [5, 5.41) is 14.5. The molecule has 0 spiro atoms. The summed E-state index contributed by atoms with van der Waals surface area (Å²) in [4.78, 5) is 8.75. The Morgan fingerprint density at radius 3 is 2.60 bits per heavy atom. The van der Waals surface area contributed by atoms with E-state index in [0.717, 1.165) is 12.2 Å². The van der Waals surface area contributed by atoms with Crippen molar-refractivity contribution < 1.29 is 9.52 Å². The maximum absolute atomic E-state index is 10.0. The summed E-state index contributed by atoms with van der Waals surface area (Å²) < 4.78 is 6.95. The average Bonchev–Trinajstić information content (AvgIpc) is 2.82. The maximum atomic E-state index is 10.0. The number of aliphatic hydroxyl groups is 1. The van der Waals surface area contributed by atoms with E-state index in [1.807, 2.05) is 6.92 Å². The van der Waals surface area contributed by atoms with Crippen LogP contribution in [0.25, 0.3) is 11.5 Å². The van der Waals surface area contributed by atoms with Crippen molar-refractivity contribution in [3.8, 4) is 11.5 Å². The van der Waals surface area contributed by atoms with Gasteiger partial charge in [-0.2, -0.15) is 5.10 Å². The van der Waals surface area contributed by atoms with E-state index in [1.54, 1.807) is 18.5 Å². The summed E-state index contributed by atoms with van der Waals surface area (Å²) >= 11 is 0. The fourth-order valence-electron chi connectivity index (χ4n) is 2.01. The minimum atomic E-state index is -0.866. The molecule has 0 bridgehead atoms. The van der Waals surface area contributed by atoms with Gasteiger partial charge in [-0.3, -0.25) is 0 Å². The van der Waals surface area contributed by atoms with Crippen LogP contribution in [0.3, 0.4) is 0 Å². The van der Waals surface area contributed by atoms with E-state index in [9.17, 15) is 5.11 Å². The van der Waals surface area contributed by atoms with Crippen molar-refractivity contribution in [1.29, 1.82) is 0 Å². The molecule has 6 nitrogen and oxygen atoms in total. The van der Waals surface area contributed by atoms with Gasteiger partial charge in [0, 0.05) is 6.42 Å². The third-order valence-corrected chi connectivity index (χ3v) is 2.80. The molecule has 2 aromatic heterocycles. The highest BCUT2D eigenvalue weighted by Crippen LogP contribution is 2.22. The van der Waals surface area contributed by atoms with Gasteiger partial charge in [0.25, 0.3) is 0 Å².